The number of phenols is 1. The number of fused-ring (bicyclic) bond motifs is 5. The van der Waals surface area contributed by atoms with Crippen molar-refractivity contribution >= 4 is 5.97 Å². The minimum atomic E-state index is -0.919. The van der Waals surface area contributed by atoms with E-state index in [1.165, 1.54) is 11.1 Å². The lowest BCUT2D eigenvalue weighted by molar-refractivity contribution is -0.137. The molecule has 0 spiro atoms. The van der Waals surface area contributed by atoms with Gasteiger partial charge in [-0.3, -0.25) is 4.79 Å². The molecule has 3 aliphatic carbocycles. The largest absolute Gasteiger partial charge is 0.508 e. The summed E-state index contributed by atoms with van der Waals surface area (Å²) in [6, 6.07) is 5.87. The molecule has 3 N–H and O–H groups in total. The third-order valence-electron chi connectivity index (χ3n) is 7.87. The first-order chi connectivity index (χ1) is 14.1. The van der Waals surface area contributed by atoms with Crippen LogP contribution in [0.15, 0.2) is 18.2 Å². The van der Waals surface area contributed by atoms with E-state index in [2.05, 4.69) is 18.9 Å². The number of rotatable bonds is 3. The molecule has 4 rings (SSSR count). The molecule has 2 saturated carbocycles. The number of phenolic OH excluding ortho intramolecular Hbond substituents is 1. The summed E-state index contributed by atoms with van der Waals surface area (Å²) in [4.78, 5) is 11.7. The lowest BCUT2D eigenvalue weighted by Crippen LogP contribution is -2.50. The number of hydrogen-bond donors (Lipinski definition) is 3. The minimum Gasteiger partial charge on any atom is -0.508 e. The molecule has 5 heteroatoms. The van der Waals surface area contributed by atoms with Crippen molar-refractivity contribution in [2.24, 2.45) is 17.3 Å². The summed E-state index contributed by atoms with van der Waals surface area (Å²) >= 11 is 0. The quantitative estimate of drug-likeness (QED) is 0.659. The second-order valence-corrected chi connectivity index (χ2v) is 9.75. The topological polar surface area (TPSA) is 81.0 Å². The van der Waals surface area contributed by atoms with Crippen LogP contribution < -0.4 is 0 Å². The van der Waals surface area contributed by atoms with E-state index in [0.29, 0.717) is 30.0 Å². The highest BCUT2D eigenvalue weighted by Crippen LogP contribution is 2.64. The Balaban J connectivity index is 0.000000275. The fourth-order valence-electron chi connectivity index (χ4n) is 6.14. The Labute approximate surface area is 180 Å². The van der Waals surface area contributed by atoms with Gasteiger partial charge in [-0.25, -0.2) is 0 Å². The van der Waals surface area contributed by atoms with Gasteiger partial charge in [0.2, 0.25) is 0 Å². The molecule has 164 valence electrons. The molecule has 5 nitrogen and oxygen atoms in total. The van der Waals surface area contributed by atoms with Crippen LogP contribution in [0.2, 0.25) is 0 Å². The Morgan fingerprint density at radius 1 is 1.27 bits per heavy atom. The zero-order valence-electron chi connectivity index (χ0n) is 18.4. The highest BCUT2D eigenvalue weighted by atomic mass is 16.4. The first kappa shape index (κ1) is 22.7. The average Bonchev–Trinajstić information content (AvgIpc) is 2.98. The maximum atomic E-state index is 10.9. The van der Waals surface area contributed by atoms with Gasteiger partial charge in [0.15, 0.2) is 0 Å². The van der Waals surface area contributed by atoms with Gasteiger partial charge < -0.3 is 20.2 Å². The van der Waals surface area contributed by atoms with E-state index >= 15 is 0 Å². The van der Waals surface area contributed by atoms with Crippen LogP contribution in [0, 0.1) is 29.6 Å². The van der Waals surface area contributed by atoms with Crippen molar-refractivity contribution < 1.29 is 20.1 Å². The van der Waals surface area contributed by atoms with Gasteiger partial charge in [-0.2, -0.15) is 0 Å². The van der Waals surface area contributed by atoms with Gasteiger partial charge in [0.1, 0.15) is 11.4 Å². The number of nitrogens with zero attached hydrogens (tertiary/aromatic N) is 1. The van der Waals surface area contributed by atoms with Crippen molar-refractivity contribution in [2.75, 3.05) is 20.6 Å². The van der Waals surface area contributed by atoms with E-state index in [4.69, 9.17) is 11.5 Å². The van der Waals surface area contributed by atoms with Crippen LogP contribution in [-0.4, -0.2) is 52.4 Å². The maximum Gasteiger partial charge on any atom is 0.304 e. The van der Waals surface area contributed by atoms with Crippen LogP contribution in [-0.2, 0) is 11.2 Å². The molecule has 0 unspecified atom stereocenters. The predicted molar refractivity (Wildman–Crippen MR) is 117 cm³/mol. The number of hydrogen-bond acceptors (Lipinski definition) is 4. The van der Waals surface area contributed by atoms with Crippen molar-refractivity contribution in [3.05, 3.63) is 29.3 Å². The van der Waals surface area contributed by atoms with Crippen LogP contribution in [0.1, 0.15) is 62.5 Å². The molecule has 3 aliphatic rings. The smallest absolute Gasteiger partial charge is 0.304 e. The first-order valence-corrected chi connectivity index (χ1v) is 11.0. The molecule has 0 saturated heterocycles. The monoisotopic (exact) mass is 413 g/mol. The van der Waals surface area contributed by atoms with Gasteiger partial charge >= 0.3 is 5.97 Å². The SMILES string of the molecule is C#C[C@]1(O)CC[C@H]2[C@@H]3CCc4cc(O)ccc4[C@H]3CC[C@@]21C.CN(C)CCC(=O)O. The van der Waals surface area contributed by atoms with Crippen LogP contribution in [0.5, 0.6) is 5.75 Å². The number of aliphatic carboxylic acids is 1. The molecule has 0 aromatic heterocycles. The minimum absolute atomic E-state index is 0.128. The zero-order chi connectivity index (χ0) is 22.1. The van der Waals surface area contributed by atoms with Crippen LogP contribution in [0.4, 0.5) is 0 Å². The molecule has 0 heterocycles. The number of carboxylic acid groups (broad SMARTS) is 1. The van der Waals surface area contributed by atoms with Gasteiger partial charge in [-0.15, -0.1) is 6.42 Å². The molecule has 5 atom stereocenters. The molecule has 0 bridgehead atoms. The van der Waals surface area contributed by atoms with Gasteiger partial charge in [0.05, 0.1) is 6.42 Å². The van der Waals surface area contributed by atoms with Crippen molar-refractivity contribution in [3.63, 3.8) is 0 Å². The summed E-state index contributed by atoms with van der Waals surface area (Å²) < 4.78 is 0. The zero-order valence-corrected chi connectivity index (χ0v) is 18.4. The number of carboxylic acids is 1. The molecule has 0 radical (unpaired) electrons. The lowest BCUT2D eigenvalue weighted by atomic mass is 9.53. The van der Waals surface area contributed by atoms with E-state index in [9.17, 15) is 15.0 Å². The highest BCUT2D eigenvalue weighted by Gasteiger charge is 2.61. The second-order valence-electron chi connectivity index (χ2n) is 9.75. The third-order valence-corrected chi connectivity index (χ3v) is 7.87. The summed E-state index contributed by atoms with van der Waals surface area (Å²) in [6.07, 6.45) is 12.0. The molecular formula is C25H35NO4. The molecule has 30 heavy (non-hydrogen) atoms. The van der Waals surface area contributed by atoms with Gasteiger partial charge in [-0.05, 0) is 93.6 Å². The molecular weight excluding hydrogens is 378 g/mol. The van der Waals surface area contributed by atoms with E-state index in [-0.39, 0.29) is 11.8 Å². The number of aryl methyl sites for hydroxylation is 1. The lowest BCUT2D eigenvalue weighted by Gasteiger charge is -2.52. The molecule has 1 aromatic rings. The average molecular weight is 414 g/mol. The van der Waals surface area contributed by atoms with E-state index < -0.39 is 11.6 Å². The van der Waals surface area contributed by atoms with Crippen molar-refractivity contribution in [1.82, 2.24) is 4.90 Å². The van der Waals surface area contributed by atoms with Crippen LogP contribution >= 0.6 is 0 Å². The van der Waals surface area contributed by atoms with Crippen molar-refractivity contribution in [1.29, 1.82) is 0 Å². The first-order valence-electron chi connectivity index (χ1n) is 11.0. The Bertz CT molecular complexity index is 829. The number of terminal acetylenes is 1. The molecule has 0 aliphatic heterocycles. The number of aliphatic hydroxyl groups is 1. The fourth-order valence-corrected chi connectivity index (χ4v) is 6.14. The molecule has 0 amide bonds. The standard InChI is InChI=1S/C20H24O2.C5H11NO2/c1-3-20(22)11-9-18-17-6-4-13-12-14(21)5-7-15(13)16(17)8-10-19(18,20)2;1-6(2)4-3-5(7)8/h1,5,7,12,16-18,21-22H,4,6,8-11H2,2H3;3-4H2,1-2H3,(H,7,8)/t16-,17-,18+,19+,20+;/m1./s1. The van der Waals surface area contributed by atoms with Gasteiger partial charge in [0.25, 0.3) is 0 Å². The Kier molecular flexibility index (Phi) is 6.50. The summed E-state index contributed by atoms with van der Waals surface area (Å²) in [5, 5.41) is 28.8. The van der Waals surface area contributed by atoms with Crippen LogP contribution in [0.25, 0.3) is 0 Å². The Morgan fingerprint density at radius 3 is 2.60 bits per heavy atom. The van der Waals surface area contributed by atoms with Gasteiger partial charge in [-0.1, -0.05) is 18.9 Å². The second kappa shape index (κ2) is 8.61. The summed E-state index contributed by atoms with van der Waals surface area (Å²) in [6.45, 7) is 2.84. The predicted octanol–water partition coefficient (Wildman–Crippen LogP) is 3.64. The summed E-state index contributed by atoms with van der Waals surface area (Å²) in [5.74, 6) is 4.08. The number of carbonyl (C=O) groups is 1. The molecule has 1 aromatic carbocycles. The maximum absolute atomic E-state index is 10.9. The van der Waals surface area contributed by atoms with Gasteiger partial charge in [0, 0.05) is 12.0 Å². The number of benzene rings is 1. The number of aromatic hydroxyl groups is 1. The summed E-state index contributed by atoms with van der Waals surface area (Å²) in [5.41, 5.74) is 1.69. The highest BCUT2D eigenvalue weighted by molar-refractivity contribution is 5.66. The Morgan fingerprint density at radius 2 is 2.00 bits per heavy atom. The van der Waals surface area contributed by atoms with Crippen molar-refractivity contribution in [2.45, 2.75) is 63.4 Å². The van der Waals surface area contributed by atoms with Crippen molar-refractivity contribution in [3.8, 4) is 18.1 Å². The normalized spacial score (nSPS) is 34.1. The van der Waals surface area contributed by atoms with E-state index in [1.54, 1.807) is 0 Å². The summed E-state index contributed by atoms with van der Waals surface area (Å²) in [7, 11) is 3.70. The molecule has 2 fully saturated rings. The third kappa shape index (κ3) is 4.08. The van der Waals surface area contributed by atoms with E-state index in [1.807, 2.05) is 31.1 Å². The Hall–Kier alpha value is -2.03. The van der Waals surface area contributed by atoms with Crippen LogP contribution in [0.3, 0.4) is 0 Å². The fraction of sp³-hybridized carbons (Fsp3) is 0.640. The van der Waals surface area contributed by atoms with E-state index in [0.717, 1.165) is 38.5 Å².